The summed E-state index contributed by atoms with van der Waals surface area (Å²) in [7, 11) is 0. The largest absolute Gasteiger partial charge is 0.314 e. The summed E-state index contributed by atoms with van der Waals surface area (Å²) >= 11 is 0. The summed E-state index contributed by atoms with van der Waals surface area (Å²) in [5, 5.41) is 4.90. The Morgan fingerprint density at radius 1 is 1.57 bits per heavy atom. The highest BCUT2D eigenvalue weighted by Crippen LogP contribution is 2.20. The number of nitrogens with one attached hydrogen (secondary N) is 1. The van der Waals surface area contributed by atoms with E-state index in [1.807, 2.05) is 0 Å². The lowest BCUT2D eigenvalue weighted by Crippen LogP contribution is -2.43. The number of carbonyl (C=O) groups excluding carboxylic acids is 1. The molecule has 2 atom stereocenters. The molecule has 0 aromatic rings. The first-order valence-electron chi connectivity index (χ1n) is 5.45. The van der Waals surface area contributed by atoms with E-state index in [1.54, 1.807) is 5.06 Å². The molecule has 14 heavy (non-hydrogen) atoms. The molecule has 2 heterocycles. The van der Waals surface area contributed by atoms with Crippen LogP contribution < -0.4 is 5.32 Å². The third kappa shape index (κ3) is 2.07. The Labute approximate surface area is 84.6 Å². The van der Waals surface area contributed by atoms with E-state index in [4.69, 9.17) is 4.84 Å². The molecule has 4 nitrogen and oxygen atoms in total. The van der Waals surface area contributed by atoms with Crippen molar-refractivity contribution in [1.82, 2.24) is 10.4 Å². The van der Waals surface area contributed by atoms with Gasteiger partial charge in [0, 0.05) is 12.0 Å². The van der Waals surface area contributed by atoms with Crippen LogP contribution in [0.5, 0.6) is 0 Å². The predicted octanol–water partition coefficient (Wildman–Crippen LogP) is 0.538. The molecule has 2 fully saturated rings. The lowest BCUT2D eigenvalue weighted by Gasteiger charge is -2.29. The van der Waals surface area contributed by atoms with Gasteiger partial charge in [-0.25, -0.2) is 5.06 Å². The molecule has 0 radical (unpaired) electrons. The first-order chi connectivity index (χ1) is 6.77. The van der Waals surface area contributed by atoms with E-state index in [2.05, 4.69) is 12.2 Å². The van der Waals surface area contributed by atoms with Crippen molar-refractivity contribution in [3.8, 4) is 0 Å². The van der Waals surface area contributed by atoms with Crippen LogP contribution in [-0.2, 0) is 9.63 Å². The summed E-state index contributed by atoms with van der Waals surface area (Å²) in [6.07, 6.45) is 2.87. The van der Waals surface area contributed by atoms with Gasteiger partial charge in [-0.3, -0.25) is 9.63 Å². The van der Waals surface area contributed by atoms with Gasteiger partial charge in [-0.1, -0.05) is 0 Å². The molecule has 0 spiro atoms. The third-order valence-corrected chi connectivity index (χ3v) is 2.97. The fourth-order valence-electron chi connectivity index (χ4n) is 2.18. The van der Waals surface area contributed by atoms with Gasteiger partial charge >= 0.3 is 0 Å². The maximum absolute atomic E-state index is 11.9. The Kier molecular flexibility index (Phi) is 3.03. The Morgan fingerprint density at radius 2 is 2.43 bits per heavy atom. The van der Waals surface area contributed by atoms with Gasteiger partial charge in [0.25, 0.3) is 0 Å². The standard InChI is InChI=1S/C10H18N2O2/c1-8-7-9(3-4-11-8)10(13)12-5-2-6-14-12/h8-9,11H,2-7H2,1H3. The van der Waals surface area contributed by atoms with Gasteiger partial charge in [-0.15, -0.1) is 0 Å². The van der Waals surface area contributed by atoms with Crippen molar-refractivity contribution in [1.29, 1.82) is 0 Å². The average Bonchev–Trinajstić information content (AvgIpc) is 2.69. The van der Waals surface area contributed by atoms with Crippen LogP contribution in [0.3, 0.4) is 0 Å². The van der Waals surface area contributed by atoms with E-state index in [0.29, 0.717) is 12.6 Å². The SMILES string of the molecule is CC1CC(C(=O)N2CCCO2)CCN1. The smallest absolute Gasteiger partial charge is 0.249 e. The van der Waals surface area contributed by atoms with E-state index < -0.39 is 0 Å². The van der Waals surface area contributed by atoms with Crippen LogP contribution in [0, 0.1) is 5.92 Å². The predicted molar refractivity (Wildman–Crippen MR) is 52.5 cm³/mol. The molecule has 0 bridgehead atoms. The fourth-order valence-corrected chi connectivity index (χ4v) is 2.18. The van der Waals surface area contributed by atoms with E-state index in [-0.39, 0.29) is 11.8 Å². The van der Waals surface area contributed by atoms with E-state index in [9.17, 15) is 4.79 Å². The number of hydrogen-bond acceptors (Lipinski definition) is 3. The van der Waals surface area contributed by atoms with Crippen LogP contribution in [0.15, 0.2) is 0 Å². The van der Waals surface area contributed by atoms with Crippen molar-refractivity contribution in [2.75, 3.05) is 19.7 Å². The maximum Gasteiger partial charge on any atom is 0.249 e. The van der Waals surface area contributed by atoms with Crippen LogP contribution >= 0.6 is 0 Å². The molecule has 2 unspecified atom stereocenters. The molecule has 2 aliphatic heterocycles. The molecule has 2 saturated heterocycles. The fraction of sp³-hybridized carbons (Fsp3) is 0.900. The minimum atomic E-state index is 0.171. The van der Waals surface area contributed by atoms with Gasteiger partial charge < -0.3 is 5.32 Å². The Bertz CT molecular complexity index is 214. The van der Waals surface area contributed by atoms with Crippen LogP contribution in [0.1, 0.15) is 26.2 Å². The van der Waals surface area contributed by atoms with Gasteiger partial charge in [0.2, 0.25) is 5.91 Å². The number of nitrogens with zero attached hydrogens (tertiary/aromatic N) is 1. The molecule has 0 aromatic heterocycles. The Hall–Kier alpha value is -0.610. The van der Waals surface area contributed by atoms with Gasteiger partial charge in [0.15, 0.2) is 0 Å². The zero-order chi connectivity index (χ0) is 9.97. The average molecular weight is 198 g/mol. The molecular formula is C10H18N2O2. The van der Waals surface area contributed by atoms with Crippen LogP contribution in [0.25, 0.3) is 0 Å². The Balaban J connectivity index is 1.89. The summed E-state index contributed by atoms with van der Waals surface area (Å²) in [6.45, 7) is 4.55. The zero-order valence-corrected chi connectivity index (χ0v) is 8.66. The molecule has 4 heteroatoms. The van der Waals surface area contributed by atoms with Crippen LogP contribution in [0.2, 0.25) is 0 Å². The summed E-state index contributed by atoms with van der Waals surface area (Å²) in [5.74, 6) is 0.361. The molecule has 2 rings (SSSR count). The second-order valence-electron chi connectivity index (χ2n) is 4.20. The van der Waals surface area contributed by atoms with Gasteiger partial charge in [0.1, 0.15) is 0 Å². The summed E-state index contributed by atoms with van der Waals surface area (Å²) in [5.41, 5.74) is 0. The number of amides is 1. The Morgan fingerprint density at radius 3 is 3.07 bits per heavy atom. The van der Waals surface area contributed by atoms with Gasteiger partial charge in [-0.05, 0) is 32.7 Å². The third-order valence-electron chi connectivity index (χ3n) is 2.97. The molecule has 0 aromatic carbocycles. The van der Waals surface area contributed by atoms with Gasteiger partial charge in [-0.2, -0.15) is 0 Å². The molecule has 0 aliphatic carbocycles. The highest BCUT2D eigenvalue weighted by Gasteiger charge is 2.30. The summed E-state index contributed by atoms with van der Waals surface area (Å²) in [4.78, 5) is 17.2. The lowest BCUT2D eigenvalue weighted by atomic mass is 9.92. The molecule has 0 saturated carbocycles. The first kappa shape index (κ1) is 9.93. The quantitative estimate of drug-likeness (QED) is 0.668. The molecule has 80 valence electrons. The van der Waals surface area contributed by atoms with Crippen molar-refractivity contribution >= 4 is 5.91 Å². The monoisotopic (exact) mass is 198 g/mol. The van der Waals surface area contributed by atoms with E-state index >= 15 is 0 Å². The molecule has 1 amide bonds. The van der Waals surface area contributed by atoms with Crippen molar-refractivity contribution in [2.24, 2.45) is 5.92 Å². The number of hydrogen-bond donors (Lipinski definition) is 1. The second-order valence-corrected chi connectivity index (χ2v) is 4.20. The number of hydroxylamine groups is 2. The van der Waals surface area contributed by atoms with Crippen molar-refractivity contribution in [2.45, 2.75) is 32.2 Å². The second kappa shape index (κ2) is 4.28. The van der Waals surface area contributed by atoms with Crippen molar-refractivity contribution in [3.63, 3.8) is 0 Å². The minimum Gasteiger partial charge on any atom is -0.314 e. The molecular weight excluding hydrogens is 180 g/mol. The van der Waals surface area contributed by atoms with Gasteiger partial charge in [0.05, 0.1) is 13.2 Å². The molecule has 2 aliphatic rings. The highest BCUT2D eigenvalue weighted by atomic mass is 16.7. The number of piperidine rings is 1. The molecule has 1 N–H and O–H groups in total. The highest BCUT2D eigenvalue weighted by molar-refractivity contribution is 5.78. The van der Waals surface area contributed by atoms with Crippen LogP contribution in [-0.4, -0.2) is 36.7 Å². The first-order valence-corrected chi connectivity index (χ1v) is 5.45. The van der Waals surface area contributed by atoms with Crippen molar-refractivity contribution < 1.29 is 9.63 Å². The zero-order valence-electron chi connectivity index (χ0n) is 8.66. The normalized spacial score (nSPS) is 33.4. The summed E-state index contributed by atoms with van der Waals surface area (Å²) in [6, 6.07) is 0.459. The van der Waals surface area contributed by atoms with Crippen molar-refractivity contribution in [3.05, 3.63) is 0 Å². The minimum absolute atomic E-state index is 0.171. The van der Waals surface area contributed by atoms with E-state index in [0.717, 1.165) is 32.4 Å². The number of carbonyl (C=O) groups is 1. The maximum atomic E-state index is 11.9. The topological polar surface area (TPSA) is 41.6 Å². The lowest BCUT2D eigenvalue weighted by molar-refractivity contribution is -0.174. The summed E-state index contributed by atoms with van der Waals surface area (Å²) < 4.78 is 0. The van der Waals surface area contributed by atoms with E-state index in [1.165, 1.54) is 0 Å². The van der Waals surface area contributed by atoms with Crippen LogP contribution in [0.4, 0.5) is 0 Å². The number of rotatable bonds is 1.